The summed E-state index contributed by atoms with van der Waals surface area (Å²) in [5, 5.41) is 31.4. The number of carbonyl (C=O) groups is 2. The molecule has 3 aromatic carbocycles. The molecule has 0 unspecified atom stereocenters. The molecule has 0 saturated heterocycles. The number of hydrogen-bond donors (Lipinski definition) is 3. The van der Waals surface area contributed by atoms with Gasteiger partial charge in [-0.2, -0.15) is 0 Å². The van der Waals surface area contributed by atoms with E-state index in [9.17, 15) is 29.8 Å². The molecule has 0 aliphatic heterocycles. The summed E-state index contributed by atoms with van der Waals surface area (Å²) in [6.45, 7) is 1.35. The first-order chi connectivity index (χ1) is 15.6. The van der Waals surface area contributed by atoms with Gasteiger partial charge in [-0.15, -0.1) is 0 Å². The van der Waals surface area contributed by atoms with Crippen LogP contribution in [0.1, 0.15) is 17.3 Å². The highest BCUT2D eigenvalue weighted by Crippen LogP contribution is 2.36. The predicted octanol–water partition coefficient (Wildman–Crippen LogP) is 5.11. The van der Waals surface area contributed by atoms with Crippen LogP contribution >= 0.6 is 11.6 Å². The summed E-state index contributed by atoms with van der Waals surface area (Å²) in [5.41, 5.74) is -0.634. The van der Waals surface area contributed by atoms with Gasteiger partial charge < -0.3 is 16.0 Å². The summed E-state index contributed by atoms with van der Waals surface area (Å²) >= 11 is 5.84. The quantitative estimate of drug-likeness (QED) is 0.320. The molecule has 12 heteroatoms. The number of anilines is 4. The zero-order chi connectivity index (χ0) is 24.1. The lowest BCUT2D eigenvalue weighted by Crippen LogP contribution is -2.15. The van der Waals surface area contributed by atoms with Crippen molar-refractivity contribution in [3.8, 4) is 0 Å². The zero-order valence-electron chi connectivity index (χ0n) is 17.0. The third-order valence-corrected chi connectivity index (χ3v) is 4.58. The number of carbonyl (C=O) groups excluding carboxylic acids is 2. The van der Waals surface area contributed by atoms with Gasteiger partial charge in [0.2, 0.25) is 5.91 Å². The zero-order valence-corrected chi connectivity index (χ0v) is 17.8. The Bertz CT molecular complexity index is 1250. The van der Waals surface area contributed by atoms with E-state index < -0.39 is 27.1 Å². The van der Waals surface area contributed by atoms with Crippen molar-refractivity contribution in [1.29, 1.82) is 0 Å². The van der Waals surface area contributed by atoms with Crippen molar-refractivity contribution in [2.45, 2.75) is 6.92 Å². The number of rotatable bonds is 7. The SMILES string of the molecule is CC(=O)Nc1ccc(Nc2c(C(=O)Nc3ccc(Cl)cc3)cc([N+](=O)[O-])cc2[N+](=O)[O-])cc1. The van der Waals surface area contributed by atoms with E-state index in [0.29, 0.717) is 22.1 Å². The van der Waals surface area contributed by atoms with Gasteiger partial charge in [-0.05, 0) is 48.5 Å². The number of nitrogens with zero attached hydrogens (tertiary/aromatic N) is 2. The van der Waals surface area contributed by atoms with Gasteiger partial charge >= 0.3 is 0 Å². The van der Waals surface area contributed by atoms with Crippen molar-refractivity contribution < 1.29 is 19.4 Å². The highest BCUT2D eigenvalue weighted by molar-refractivity contribution is 6.30. The van der Waals surface area contributed by atoms with Crippen LogP contribution in [0.5, 0.6) is 0 Å². The Morgan fingerprint density at radius 2 is 1.36 bits per heavy atom. The van der Waals surface area contributed by atoms with Gasteiger partial charge in [-0.3, -0.25) is 29.8 Å². The van der Waals surface area contributed by atoms with Gasteiger partial charge in [0.05, 0.1) is 21.5 Å². The summed E-state index contributed by atoms with van der Waals surface area (Å²) in [6.07, 6.45) is 0. The summed E-state index contributed by atoms with van der Waals surface area (Å²) in [4.78, 5) is 45.5. The second kappa shape index (κ2) is 9.75. The largest absolute Gasteiger partial charge is 0.349 e. The number of nitro benzene ring substituents is 2. The first-order valence-electron chi connectivity index (χ1n) is 9.32. The smallest absolute Gasteiger partial charge is 0.300 e. The number of nitro groups is 2. The average molecular weight is 470 g/mol. The molecule has 2 amide bonds. The first-order valence-corrected chi connectivity index (χ1v) is 9.70. The van der Waals surface area contributed by atoms with Gasteiger partial charge in [0.1, 0.15) is 5.69 Å². The molecule has 0 saturated carbocycles. The molecule has 0 heterocycles. The summed E-state index contributed by atoms with van der Waals surface area (Å²) < 4.78 is 0. The first kappa shape index (κ1) is 23.2. The molecule has 0 bridgehead atoms. The van der Waals surface area contributed by atoms with Crippen LogP contribution in [0.3, 0.4) is 0 Å². The predicted molar refractivity (Wildman–Crippen MR) is 123 cm³/mol. The molecule has 0 radical (unpaired) electrons. The van der Waals surface area contributed by atoms with Crippen molar-refractivity contribution in [3.63, 3.8) is 0 Å². The minimum absolute atomic E-state index is 0.232. The van der Waals surface area contributed by atoms with E-state index in [4.69, 9.17) is 11.6 Å². The topological polar surface area (TPSA) is 157 Å². The van der Waals surface area contributed by atoms with E-state index in [1.54, 1.807) is 12.1 Å². The Kier molecular flexibility index (Phi) is 6.84. The van der Waals surface area contributed by atoms with E-state index in [1.165, 1.54) is 43.3 Å². The lowest BCUT2D eigenvalue weighted by molar-refractivity contribution is -0.393. The standard InChI is InChI=1S/C21H16ClN5O6/c1-12(28)23-14-6-8-15(9-7-14)24-20-18(10-17(26(30)31)11-19(20)27(32)33)21(29)25-16-4-2-13(22)3-5-16/h2-11,24H,1H3,(H,23,28)(H,25,29). The molecule has 0 aliphatic rings. The molecule has 0 atom stereocenters. The van der Waals surface area contributed by atoms with Gasteiger partial charge in [0.15, 0.2) is 0 Å². The number of non-ortho nitro benzene ring substituents is 1. The van der Waals surface area contributed by atoms with Crippen molar-refractivity contribution in [3.05, 3.63) is 91.5 Å². The molecule has 0 spiro atoms. The molecule has 0 aromatic heterocycles. The van der Waals surface area contributed by atoms with E-state index in [-0.39, 0.29) is 17.2 Å². The number of benzene rings is 3. The minimum Gasteiger partial charge on any atom is -0.349 e. The van der Waals surface area contributed by atoms with Crippen LogP contribution < -0.4 is 16.0 Å². The fourth-order valence-corrected chi connectivity index (χ4v) is 3.01. The second-order valence-corrected chi connectivity index (χ2v) is 7.18. The normalized spacial score (nSPS) is 10.2. The van der Waals surface area contributed by atoms with Crippen LogP contribution in [0.2, 0.25) is 5.02 Å². The van der Waals surface area contributed by atoms with E-state index in [1.807, 2.05) is 0 Å². The molecular weight excluding hydrogens is 454 g/mol. The summed E-state index contributed by atoms with van der Waals surface area (Å²) in [5.74, 6) is -1.08. The molecule has 168 valence electrons. The average Bonchev–Trinajstić information content (AvgIpc) is 2.76. The van der Waals surface area contributed by atoms with Crippen molar-refractivity contribution in [1.82, 2.24) is 0 Å². The van der Waals surface area contributed by atoms with Crippen LogP contribution in [0.25, 0.3) is 0 Å². The van der Waals surface area contributed by atoms with Crippen molar-refractivity contribution >= 4 is 57.5 Å². The van der Waals surface area contributed by atoms with E-state index in [2.05, 4.69) is 16.0 Å². The number of hydrogen-bond acceptors (Lipinski definition) is 7. The fraction of sp³-hybridized carbons (Fsp3) is 0.0476. The Morgan fingerprint density at radius 1 is 0.818 bits per heavy atom. The second-order valence-electron chi connectivity index (χ2n) is 6.75. The highest BCUT2D eigenvalue weighted by Gasteiger charge is 2.28. The highest BCUT2D eigenvalue weighted by atomic mass is 35.5. The minimum atomic E-state index is -0.821. The van der Waals surface area contributed by atoms with Crippen molar-refractivity contribution in [2.24, 2.45) is 0 Å². The molecule has 0 aliphatic carbocycles. The third kappa shape index (κ3) is 5.80. The van der Waals surface area contributed by atoms with Crippen LogP contribution in [0.15, 0.2) is 60.7 Å². The molecule has 3 aromatic rings. The number of amides is 2. The van der Waals surface area contributed by atoms with Crippen molar-refractivity contribution in [2.75, 3.05) is 16.0 Å². The Balaban J connectivity index is 2.05. The Morgan fingerprint density at radius 3 is 1.91 bits per heavy atom. The van der Waals surface area contributed by atoms with Crippen LogP contribution in [-0.2, 0) is 4.79 Å². The van der Waals surface area contributed by atoms with Gasteiger partial charge in [0.25, 0.3) is 17.3 Å². The molecule has 0 fully saturated rings. The number of halogens is 1. The number of nitrogens with one attached hydrogen (secondary N) is 3. The molecule has 3 N–H and O–H groups in total. The third-order valence-electron chi connectivity index (χ3n) is 4.33. The van der Waals surface area contributed by atoms with Gasteiger partial charge in [-0.1, -0.05) is 11.6 Å². The van der Waals surface area contributed by atoms with Crippen LogP contribution in [-0.4, -0.2) is 21.7 Å². The molecular formula is C21H16ClN5O6. The van der Waals surface area contributed by atoms with Gasteiger partial charge in [0, 0.05) is 35.1 Å². The lowest BCUT2D eigenvalue weighted by Gasteiger charge is -2.13. The fourth-order valence-electron chi connectivity index (χ4n) is 2.89. The Labute approximate surface area is 191 Å². The van der Waals surface area contributed by atoms with Crippen LogP contribution in [0, 0.1) is 20.2 Å². The molecule has 3 rings (SSSR count). The van der Waals surface area contributed by atoms with E-state index in [0.717, 1.165) is 12.1 Å². The lowest BCUT2D eigenvalue weighted by atomic mass is 10.1. The maximum atomic E-state index is 13.0. The monoisotopic (exact) mass is 469 g/mol. The maximum Gasteiger partial charge on any atom is 0.300 e. The Hall–Kier alpha value is -4.51. The maximum absolute atomic E-state index is 13.0. The summed E-state index contributed by atoms with van der Waals surface area (Å²) in [7, 11) is 0. The molecule has 11 nitrogen and oxygen atoms in total. The summed E-state index contributed by atoms with van der Waals surface area (Å²) in [6, 6.07) is 14.0. The van der Waals surface area contributed by atoms with E-state index >= 15 is 0 Å². The molecule has 33 heavy (non-hydrogen) atoms. The van der Waals surface area contributed by atoms with Gasteiger partial charge in [-0.25, -0.2) is 0 Å². The van der Waals surface area contributed by atoms with Crippen LogP contribution in [0.4, 0.5) is 34.1 Å².